The lowest BCUT2D eigenvalue weighted by Gasteiger charge is -2.19. The van der Waals surface area contributed by atoms with Crippen molar-refractivity contribution in [2.75, 3.05) is 20.2 Å². The molecule has 0 aromatic heterocycles. The van der Waals surface area contributed by atoms with Crippen molar-refractivity contribution < 1.29 is 17.9 Å². The maximum Gasteiger partial charge on any atom is 0.251 e. The smallest absolute Gasteiger partial charge is 0.251 e. The van der Waals surface area contributed by atoms with Crippen LogP contribution in [0, 0.1) is 0 Å². The molecule has 2 aromatic carbocycles. The van der Waals surface area contributed by atoms with Gasteiger partial charge in [0.15, 0.2) is 0 Å². The molecule has 1 unspecified atom stereocenters. The van der Waals surface area contributed by atoms with E-state index in [4.69, 9.17) is 16.3 Å². The summed E-state index contributed by atoms with van der Waals surface area (Å²) in [6, 6.07) is 11.4. The van der Waals surface area contributed by atoms with Gasteiger partial charge < -0.3 is 10.1 Å². The number of methoxy groups -OCH3 is 1. The highest BCUT2D eigenvalue weighted by Gasteiger charge is 2.30. The summed E-state index contributed by atoms with van der Waals surface area (Å²) in [6.07, 6.45) is 1.67. The number of nitrogens with one attached hydrogen (secondary N) is 1. The molecular formula is C20H23ClN2O4S. The maximum absolute atomic E-state index is 13.0. The average molecular weight is 423 g/mol. The summed E-state index contributed by atoms with van der Waals surface area (Å²) in [5, 5.41) is 3.51. The fraction of sp³-hybridized carbons (Fsp3) is 0.350. The minimum absolute atomic E-state index is 0.0173. The lowest BCUT2D eigenvalue weighted by Crippen LogP contribution is -2.29. The topological polar surface area (TPSA) is 75.7 Å². The Bertz CT molecular complexity index is 955. The van der Waals surface area contributed by atoms with Crippen molar-refractivity contribution in [3.8, 4) is 5.75 Å². The molecule has 1 aliphatic rings. The van der Waals surface area contributed by atoms with Crippen molar-refractivity contribution in [3.63, 3.8) is 0 Å². The van der Waals surface area contributed by atoms with Crippen LogP contribution >= 0.6 is 11.6 Å². The molecule has 6 nitrogen and oxygen atoms in total. The number of sulfonamides is 1. The van der Waals surface area contributed by atoms with Crippen molar-refractivity contribution in [1.29, 1.82) is 0 Å². The van der Waals surface area contributed by atoms with Gasteiger partial charge in [0.1, 0.15) is 10.6 Å². The summed E-state index contributed by atoms with van der Waals surface area (Å²) in [5.74, 6) is -0.128. The molecule has 28 heavy (non-hydrogen) atoms. The summed E-state index contributed by atoms with van der Waals surface area (Å²) in [6.45, 7) is 2.82. The van der Waals surface area contributed by atoms with E-state index in [2.05, 4.69) is 5.32 Å². The molecule has 0 radical (unpaired) electrons. The first-order valence-corrected chi connectivity index (χ1v) is 10.9. The summed E-state index contributed by atoms with van der Waals surface area (Å²) in [5.41, 5.74) is 1.16. The zero-order valence-electron chi connectivity index (χ0n) is 15.8. The van der Waals surface area contributed by atoms with Gasteiger partial charge >= 0.3 is 0 Å². The largest absolute Gasteiger partial charge is 0.495 e. The van der Waals surface area contributed by atoms with Crippen molar-refractivity contribution in [2.24, 2.45) is 0 Å². The quantitative estimate of drug-likeness (QED) is 0.771. The van der Waals surface area contributed by atoms with E-state index >= 15 is 0 Å². The molecule has 1 N–H and O–H groups in total. The van der Waals surface area contributed by atoms with E-state index in [0.717, 1.165) is 18.4 Å². The summed E-state index contributed by atoms with van der Waals surface area (Å²) >= 11 is 5.90. The molecule has 3 rings (SSSR count). The normalized spacial score (nSPS) is 16.0. The standard InChI is InChI=1S/C20H23ClN2O4S/c1-14(15-5-8-17(21)9-6-15)22-20(24)16-7-10-18(27-2)19(13-16)28(25,26)23-11-3-4-12-23/h5-10,13-14H,3-4,11-12H2,1-2H3,(H,22,24). The van der Waals surface area contributed by atoms with Crippen LogP contribution < -0.4 is 10.1 Å². The second-order valence-corrected chi connectivity index (χ2v) is 9.07. The van der Waals surface area contributed by atoms with Gasteiger partial charge in [-0.25, -0.2) is 8.42 Å². The molecule has 8 heteroatoms. The van der Waals surface area contributed by atoms with E-state index in [0.29, 0.717) is 18.1 Å². The molecule has 0 bridgehead atoms. The Morgan fingerprint density at radius 1 is 1.14 bits per heavy atom. The zero-order chi connectivity index (χ0) is 20.3. The number of nitrogens with zero attached hydrogens (tertiary/aromatic N) is 1. The van der Waals surface area contributed by atoms with Crippen LogP contribution in [0.1, 0.15) is 41.7 Å². The van der Waals surface area contributed by atoms with Gasteiger partial charge in [-0.1, -0.05) is 23.7 Å². The fourth-order valence-corrected chi connectivity index (χ4v) is 5.03. The molecule has 1 aliphatic heterocycles. The SMILES string of the molecule is COc1ccc(C(=O)NC(C)c2ccc(Cl)cc2)cc1S(=O)(=O)N1CCCC1. The van der Waals surface area contributed by atoms with Crippen molar-refractivity contribution in [1.82, 2.24) is 9.62 Å². The Morgan fingerprint density at radius 2 is 1.79 bits per heavy atom. The summed E-state index contributed by atoms with van der Waals surface area (Å²) in [7, 11) is -2.29. The molecule has 1 atom stereocenters. The van der Waals surface area contributed by atoms with Gasteiger partial charge in [0.05, 0.1) is 13.2 Å². The predicted molar refractivity (Wildman–Crippen MR) is 108 cm³/mol. The molecule has 0 spiro atoms. The number of carbonyl (C=O) groups is 1. The van der Waals surface area contributed by atoms with Crippen LogP contribution in [0.3, 0.4) is 0 Å². The highest BCUT2D eigenvalue weighted by molar-refractivity contribution is 7.89. The lowest BCUT2D eigenvalue weighted by molar-refractivity contribution is 0.0939. The van der Waals surface area contributed by atoms with Crippen molar-refractivity contribution in [3.05, 3.63) is 58.6 Å². The Kier molecular flexibility index (Phi) is 6.27. The third-order valence-electron chi connectivity index (χ3n) is 4.83. The third-order valence-corrected chi connectivity index (χ3v) is 7.00. The van der Waals surface area contributed by atoms with Gasteiger partial charge in [-0.05, 0) is 55.7 Å². The van der Waals surface area contributed by atoms with Gasteiger partial charge in [0.2, 0.25) is 10.0 Å². The minimum Gasteiger partial charge on any atom is -0.495 e. The van der Waals surface area contributed by atoms with E-state index in [1.54, 1.807) is 18.2 Å². The molecule has 1 heterocycles. The lowest BCUT2D eigenvalue weighted by atomic mass is 10.1. The fourth-order valence-electron chi connectivity index (χ4n) is 3.20. The number of amides is 1. The van der Waals surface area contributed by atoms with E-state index in [-0.39, 0.29) is 28.2 Å². The summed E-state index contributed by atoms with van der Waals surface area (Å²) in [4.78, 5) is 12.7. The minimum atomic E-state index is -3.71. The predicted octanol–water partition coefficient (Wildman–Crippen LogP) is 3.62. The summed E-state index contributed by atoms with van der Waals surface area (Å²) < 4.78 is 32.6. The Morgan fingerprint density at radius 3 is 2.39 bits per heavy atom. The third kappa shape index (κ3) is 4.32. The molecule has 0 saturated carbocycles. The number of benzene rings is 2. The van der Waals surface area contributed by atoms with Crippen LogP contribution in [-0.4, -0.2) is 38.8 Å². The zero-order valence-corrected chi connectivity index (χ0v) is 17.4. The average Bonchev–Trinajstić information content (AvgIpc) is 3.23. The van der Waals surface area contributed by atoms with Gasteiger partial charge in [-0.15, -0.1) is 0 Å². The number of hydrogen-bond donors (Lipinski definition) is 1. The number of carbonyl (C=O) groups excluding carboxylic acids is 1. The van der Waals surface area contributed by atoms with E-state index in [9.17, 15) is 13.2 Å². The number of ether oxygens (including phenoxy) is 1. The van der Waals surface area contributed by atoms with Crippen LogP contribution in [-0.2, 0) is 10.0 Å². The monoisotopic (exact) mass is 422 g/mol. The highest BCUT2D eigenvalue weighted by atomic mass is 35.5. The van der Waals surface area contributed by atoms with E-state index in [1.807, 2.05) is 19.1 Å². The molecule has 150 valence electrons. The first-order valence-electron chi connectivity index (χ1n) is 9.07. The van der Waals surface area contributed by atoms with Crippen LogP contribution in [0.4, 0.5) is 0 Å². The Balaban J connectivity index is 1.86. The second kappa shape index (κ2) is 8.51. The second-order valence-electron chi connectivity index (χ2n) is 6.72. The molecular weight excluding hydrogens is 400 g/mol. The molecule has 1 saturated heterocycles. The van der Waals surface area contributed by atoms with E-state index < -0.39 is 10.0 Å². The van der Waals surface area contributed by atoms with Crippen LogP contribution in [0.5, 0.6) is 5.75 Å². The first-order chi connectivity index (χ1) is 13.3. The Labute approximate surface area is 170 Å². The van der Waals surface area contributed by atoms with Gasteiger partial charge in [-0.2, -0.15) is 4.31 Å². The first kappa shape index (κ1) is 20.6. The van der Waals surface area contributed by atoms with Crippen LogP contribution in [0.15, 0.2) is 47.4 Å². The number of halogens is 1. The number of rotatable bonds is 6. The molecule has 1 amide bonds. The van der Waals surface area contributed by atoms with Crippen molar-refractivity contribution >= 4 is 27.5 Å². The Hall–Kier alpha value is -2.09. The maximum atomic E-state index is 13.0. The molecule has 2 aromatic rings. The van der Waals surface area contributed by atoms with Crippen LogP contribution in [0.25, 0.3) is 0 Å². The van der Waals surface area contributed by atoms with E-state index in [1.165, 1.54) is 23.5 Å². The van der Waals surface area contributed by atoms with Crippen molar-refractivity contribution in [2.45, 2.75) is 30.7 Å². The van der Waals surface area contributed by atoms with Gasteiger partial charge in [0.25, 0.3) is 5.91 Å². The highest BCUT2D eigenvalue weighted by Crippen LogP contribution is 2.30. The number of hydrogen-bond acceptors (Lipinski definition) is 4. The van der Waals surface area contributed by atoms with Crippen LogP contribution in [0.2, 0.25) is 5.02 Å². The van der Waals surface area contributed by atoms with Gasteiger partial charge in [-0.3, -0.25) is 4.79 Å². The van der Waals surface area contributed by atoms with Gasteiger partial charge in [0, 0.05) is 23.7 Å². The molecule has 0 aliphatic carbocycles. The molecule has 1 fully saturated rings.